The molecule has 0 atom stereocenters. The first-order valence-electron chi connectivity index (χ1n) is 11.1. The number of methoxy groups -OCH3 is 1. The Morgan fingerprint density at radius 3 is 2.54 bits per heavy atom. The Morgan fingerprint density at radius 1 is 1.03 bits per heavy atom. The normalized spacial score (nSPS) is 10.8. The summed E-state index contributed by atoms with van der Waals surface area (Å²) in [5, 5.41) is 15.2. The quantitative estimate of drug-likeness (QED) is 0.240. The fourth-order valence-corrected chi connectivity index (χ4v) is 3.83. The third-order valence-electron chi connectivity index (χ3n) is 4.97. The first-order valence-corrected chi connectivity index (χ1v) is 11.9. The predicted octanol–water partition coefficient (Wildman–Crippen LogP) is 4.21. The van der Waals surface area contributed by atoms with E-state index in [0.29, 0.717) is 27.6 Å². The second-order valence-corrected chi connectivity index (χ2v) is 8.67. The van der Waals surface area contributed by atoms with Gasteiger partial charge in [-0.3, -0.25) is 14.9 Å². The van der Waals surface area contributed by atoms with Crippen LogP contribution in [0.4, 0.5) is 9.52 Å². The molecule has 188 valence electrons. The highest BCUT2D eigenvalue weighted by Gasteiger charge is 2.13. The standard InChI is InChI=1S/C26H22FN5O4S/c1-35-21-12-8-18(9-13-21)25(34)29-26-32-31-24(37-26)14-23(33)30-28-15-19-4-2-3-5-22(19)36-16-17-6-10-20(27)11-7-17/h2-13,15H,14,16H2,1H3,(H,30,33)(H,29,32,34)/b28-15-. The van der Waals surface area contributed by atoms with Crippen LogP contribution in [0.25, 0.3) is 0 Å². The van der Waals surface area contributed by atoms with E-state index in [1.165, 1.54) is 18.3 Å². The van der Waals surface area contributed by atoms with Gasteiger partial charge in [0.15, 0.2) is 0 Å². The van der Waals surface area contributed by atoms with E-state index in [1.54, 1.807) is 55.6 Å². The lowest BCUT2D eigenvalue weighted by Crippen LogP contribution is -2.19. The molecule has 0 unspecified atom stereocenters. The summed E-state index contributed by atoms with van der Waals surface area (Å²) in [4.78, 5) is 24.6. The Morgan fingerprint density at radius 2 is 1.78 bits per heavy atom. The van der Waals surface area contributed by atoms with Crippen LogP contribution in [0.5, 0.6) is 11.5 Å². The first-order chi connectivity index (χ1) is 18.0. The summed E-state index contributed by atoms with van der Waals surface area (Å²) in [6.45, 7) is 0.256. The first kappa shape index (κ1) is 25.5. The number of hydrogen-bond donors (Lipinski definition) is 2. The highest BCUT2D eigenvalue weighted by molar-refractivity contribution is 7.15. The molecule has 0 aliphatic rings. The number of ether oxygens (including phenoxy) is 2. The second kappa shape index (κ2) is 12.4. The average Bonchev–Trinajstić information content (AvgIpc) is 3.35. The number of benzene rings is 3. The molecule has 1 aromatic heterocycles. The molecule has 4 rings (SSSR count). The van der Waals surface area contributed by atoms with Crippen molar-refractivity contribution in [3.05, 3.63) is 100 Å². The van der Waals surface area contributed by atoms with Gasteiger partial charge in [-0.15, -0.1) is 10.2 Å². The molecule has 4 aromatic rings. The third kappa shape index (κ3) is 7.42. The lowest BCUT2D eigenvalue weighted by atomic mass is 10.2. The summed E-state index contributed by atoms with van der Waals surface area (Å²) in [6.07, 6.45) is 1.41. The number of hydrazone groups is 1. The maximum Gasteiger partial charge on any atom is 0.257 e. The van der Waals surface area contributed by atoms with Crippen molar-refractivity contribution in [2.24, 2.45) is 5.10 Å². The van der Waals surface area contributed by atoms with Crippen LogP contribution >= 0.6 is 11.3 Å². The van der Waals surface area contributed by atoms with E-state index in [0.717, 1.165) is 16.9 Å². The molecule has 0 aliphatic heterocycles. The number of nitrogens with one attached hydrogen (secondary N) is 2. The molecule has 0 spiro atoms. The summed E-state index contributed by atoms with van der Waals surface area (Å²) in [6, 6.07) is 19.9. The van der Waals surface area contributed by atoms with Crippen molar-refractivity contribution in [3.8, 4) is 11.5 Å². The largest absolute Gasteiger partial charge is 0.497 e. The maximum absolute atomic E-state index is 13.1. The van der Waals surface area contributed by atoms with Gasteiger partial charge in [0.1, 0.15) is 28.9 Å². The summed E-state index contributed by atoms with van der Waals surface area (Å²) in [5.74, 6) is 0.149. The molecule has 37 heavy (non-hydrogen) atoms. The van der Waals surface area contributed by atoms with Crippen LogP contribution in [0.1, 0.15) is 26.5 Å². The van der Waals surface area contributed by atoms with Gasteiger partial charge in [-0.2, -0.15) is 5.10 Å². The van der Waals surface area contributed by atoms with Gasteiger partial charge in [0.2, 0.25) is 11.0 Å². The predicted molar refractivity (Wildman–Crippen MR) is 137 cm³/mol. The smallest absolute Gasteiger partial charge is 0.257 e. The molecule has 3 aromatic carbocycles. The zero-order valence-corrected chi connectivity index (χ0v) is 20.5. The van der Waals surface area contributed by atoms with Gasteiger partial charge in [-0.05, 0) is 54.1 Å². The monoisotopic (exact) mass is 519 g/mol. The lowest BCUT2D eigenvalue weighted by molar-refractivity contribution is -0.120. The summed E-state index contributed by atoms with van der Waals surface area (Å²) >= 11 is 1.09. The van der Waals surface area contributed by atoms with Gasteiger partial charge in [0.05, 0.1) is 19.7 Å². The third-order valence-corrected chi connectivity index (χ3v) is 5.81. The summed E-state index contributed by atoms with van der Waals surface area (Å²) in [5.41, 5.74) is 4.36. The molecule has 0 fully saturated rings. The van der Waals surface area contributed by atoms with Gasteiger partial charge in [-0.25, -0.2) is 9.82 Å². The number of carbonyl (C=O) groups is 2. The van der Waals surface area contributed by atoms with Crippen molar-refractivity contribution in [1.82, 2.24) is 15.6 Å². The molecule has 0 radical (unpaired) electrons. The van der Waals surface area contributed by atoms with Crippen LogP contribution in [0, 0.1) is 5.82 Å². The molecule has 9 nitrogen and oxygen atoms in total. The molecule has 0 aliphatic carbocycles. The van der Waals surface area contributed by atoms with E-state index in [9.17, 15) is 14.0 Å². The van der Waals surface area contributed by atoms with Crippen molar-refractivity contribution >= 4 is 34.5 Å². The zero-order chi connectivity index (χ0) is 26.0. The number of hydrogen-bond acceptors (Lipinski definition) is 8. The van der Waals surface area contributed by atoms with Gasteiger partial charge < -0.3 is 9.47 Å². The topological polar surface area (TPSA) is 115 Å². The molecular formula is C26H22FN5O4S. The van der Waals surface area contributed by atoms with Crippen LogP contribution < -0.4 is 20.2 Å². The van der Waals surface area contributed by atoms with Crippen LogP contribution in [-0.4, -0.2) is 35.3 Å². The number of aromatic nitrogens is 2. The van der Waals surface area contributed by atoms with E-state index < -0.39 is 5.91 Å². The molecule has 0 saturated heterocycles. The minimum Gasteiger partial charge on any atom is -0.497 e. The molecule has 2 amide bonds. The van der Waals surface area contributed by atoms with E-state index in [1.807, 2.05) is 12.1 Å². The number of anilines is 1. The molecule has 0 saturated carbocycles. The molecule has 1 heterocycles. The molecule has 0 bridgehead atoms. The Labute approximate surface area is 216 Å². The Balaban J connectivity index is 1.27. The number of halogens is 1. The van der Waals surface area contributed by atoms with E-state index in [4.69, 9.17) is 9.47 Å². The highest BCUT2D eigenvalue weighted by atomic mass is 32.1. The lowest BCUT2D eigenvalue weighted by Gasteiger charge is -2.09. The van der Waals surface area contributed by atoms with E-state index in [-0.39, 0.29) is 29.9 Å². The second-order valence-electron chi connectivity index (χ2n) is 7.61. The number of para-hydroxylation sites is 1. The maximum atomic E-state index is 13.1. The van der Waals surface area contributed by atoms with Crippen LogP contribution in [-0.2, 0) is 17.8 Å². The number of amides is 2. The van der Waals surface area contributed by atoms with Crippen LogP contribution in [0.2, 0.25) is 0 Å². The van der Waals surface area contributed by atoms with Gasteiger partial charge in [-0.1, -0.05) is 35.6 Å². The number of nitrogens with zero attached hydrogens (tertiary/aromatic N) is 3. The van der Waals surface area contributed by atoms with Crippen molar-refractivity contribution in [2.75, 3.05) is 12.4 Å². The van der Waals surface area contributed by atoms with Crippen molar-refractivity contribution < 1.29 is 23.5 Å². The fraction of sp³-hybridized carbons (Fsp3) is 0.115. The number of rotatable bonds is 10. The average molecular weight is 520 g/mol. The Kier molecular flexibility index (Phi) is 8.50. The minimum atomic E-state index is -0.398. The zero-order valence-electron chi connectivity index (χ0n) is 19.7. The number of carbonyl (C=O) groups excluding carboxylic acids is 2. The molecule has 11 heteroatoms. The fourth-order valence-electron chi connectivity index (χ4n) is 3.10. The van der Waals surface area contributed by atoms with Gasteiger partial charge in [0, 0.05) is 11.1 Å². The Hall–Kier alpha value is -4.64. The van der Waals surface area contributed by atoms with E-state index in [2.05, 4.69) is 26.0 Å². The molecule has 2 N–H and O–H groups in total. The van der Waals surface area contributed by atoms with Gasteiger partial charge in [0.25, 0.3) is 5.91 Å². The highest BCUT2D eigenvalue weighted by Crippen LogP contribution is 2.19. The van der Waals surface area contributed by atoms with Crippen molar-refractivity contribution in [1.29, 1.82) is 0 Å². The summed E-state index contributed by atoms with van der Waals surface area (Å²) < 4.78 is 24.0. The Bertz CT molecular complexity index is 1390. The summed E-state index contributed by atoms with van der Waals surface area (Å²) in [7, 11) is 1.55. The minimum absolute atomic E-state index is 0.0594. The van der Waals surface area contributed by atoms with Gasteiger partial charge >= 0.3 is 0 Å². The van der Waals surface area contributed by atoms with Crippen LogP contribution in [0.3, 0.4) is 0 Å². The van der Waals surface area contributed by atoms with E-state index >= 15 is 0 Å². The van der Waals surface area contributed by atoms with Crippen LogP contribution in [0.15, 0.2) is 77.9 Å². The SMILES string of the molecule is COc1ccc(C(=O)Nc2nnc(CC(=O)N/N=C\c3ccccc3OCc3ccc(F)cc3)s2)cc1. The van der Waals surface area contributed by atoms with Crippen molar-refractivity contribution in [2.45, 2.75) is 13.0 Å². The van der Waals surface area contributed by atoms with Crippen molar-refractivity contribution in [3.63, 3.8) is 0 Å². The molecular weight excluding hydrogens is 497 g/mol.